The van der Waals surface area contributed by atoms with Gasteiger partial charge in [0, 0.05) is 0 Å². The van der Waals surface area contributed by atoms with Gasteiger partial charge in [0.05, 0.1) is 6.61 Å². The average Bonchev–Trinajstić information content (AvgIpc) is 2.49. The molecule has 130 valence electrons. The quantitative estimate of drug-likeness (QED) is 0.264. The summed E-state index contributed by atoms with van der Waals surface area (Å²) >= 11 is 0. The molecule has 0 radical (unpaired) electrons. The summed E-state index contributed by atoms with van der Waals surface area (Å²) < 4.78 is 5.07. The Bertz CT molecular complexity index is 289. The number of carbonyl (C=O) groups excluding carboxylic acids is 1. The van der Waals surface area contributed by atoms with Crippen LogP contribution in [0.3, 0.4) is 0 Å². The monoisotopic (exact) mass is 314 g/mol. The van der Waals surface area contributed by atoms with E-state index in [0.717, 1.165) is 12.8 Å². The second kappa shape index (κ2) is 14.9. The van der Waals surface area contributed by atoms with Crippen LogP contribution in [-0.2, 0) is 14.3 Å². The molecule has 0 aromatic rings. The lowest BCUT2D eigenvalue weighted by Crippen LogP contribution is -2.26. The van der Waals surface area contributed by atoms with Gasteiger partial charge in [0.25, 0.3) is 0 Å². The third-order valence-electron chi connectivity index (χ3n) is 3.90. The Morgan fingerprint density at radius 3 is 1.77 bits per heavy atom. The van der Waals surface area contributed by atoms with Gasteiger partial charge in [-0.25, -0.2) is 0 Å². The van der Waals surface area contributed by atoms with Crippen molar-refractivity contribution < 1.29 is 19.4 Å². The highest BCUT2D eigenvalue weighted by atomic mass is 16.5. The zero-order chi connectivity index (χ0) is 16.6. The Hall–Kier alpha value is -1.06. The predicted molar refractivity (Wildman–Crippen MR) is 88.8 cm³/mol. The second-order valence-electron chi connectivity index (χ2n) is 6.03. The summed E-state index contributed by atoms with van der Waals surface area (Å²) in [6, 6.07) is 0. The van der Waals surface area contributed by atoms with Crippen molar-refractivity contribution in [3.63, 3.8) is 0 Å². The number of carboxylic acid groups (broad SMARTS) is 1. The van der Waals surface area contributed by atoms with E-state index in [1.807, 2.05) is 6.92 Å². The van der Waals surface area contributed by atoms with Crippen molar-refractivity contribution in [1.29, 1.82) is 0 Å². The van der Waals surface area contributed by atoms with E-state index in [0.29, 0.717) is 19.4 Å². The van der Waals surface area contributed by atoms with E-state index < -0.39 is 17.9 Å². The van der Waals surface area contributed by atoms with Crippen molar-refractivity contribution in [1.82, 2.24) is 0 Å². The maximum atomic E-state index is 11.6. The fourth-order valence-corrected chi connectivity index (χ4v) is 2.49. The highest BCUT2D eigenvalue weighted by molar-refractivity contribution is 5.93. The van der Waals surface area contributed by atoms with E-state index in [9.17, 15) is 9.59 Å². The third kappa shape index (κ3) is 11.6. The van der Waals surface area contributed by atoms with E-state index >= 15 is 0 Å². The lowest BCUT2D eigenvalue weighted by molar-refractivity contribution is -0.159. The van der Waals surface area contributed by atoms with Crippen LogP contribution in [0.25, 0.3) is 0 Å². The van der Waals surface area contributed by atoms with Gasteiger partial charge in [-0.05, 0) is 12.8 Å². The molecular formula is C18H34O4. The first kappa shape index (κ1) is 20.9. The fourth-order valence-electron chi connectivity index (χ4n) is 2.49. The number of carbonyl (C=O) groups is 2. The first-order valence-electron chi connectivity index (χ1n) is 9.02. The van der Waals surface area contributed by atoms with E-state index in [1.54, 1.807) is 0 Å². The van der Waals surface area contributed by atoms with Gasteiger partial charge in [0.1, 0.15) is 0 Å². The standard InChI is InChI=1S/C18H34O4/c1-3-5-6-7-8-9-10-11-12-13-15-22-18(21)16(14-4-2)17(19)20/h16H,3-15H2,1-2H3,(H,19,20). The molecule has 0 spiro atoms. The molecule has 4 nitrogen and oxygen atoms in total. The number of aliphatic carboxylic acids is 1. The molecule has 0 heterocycles. The van der Waals surface area contributed by atoms with Crippen molar-refractivity contribution in [3.8, 4) is 0 Å². The Morgan fingerprint density at radius 2 is 1.32 bits per heavy atom. The molecule has 0 saturated carbocycles. The van der Waals surface area contributed by atoms with Crippen molar-refractivity contribution in [2.75, 3.05) is 6.61 Å². The molecule has 4 heteroatoms. The Morgan fingerprint density at radius 1 is 0.818 bits per heavy atom. The summed E-state index contributed by atoms with van der Waals surface area (Å²) in [5.74, 6) is -2.65. The van der Waals surface area contributed by atoms with Crippen molar-refractivity contribution in [2.24, 2.45) is 5.92 Å². The van der Waals surface area contributed by atoms with Crippen LogP contribution in [0.5, 0.6) is 0 Å². The van der Waals surface area contributed by atoms with Gasteiger partial charge >= 0.3 is 11.9 Å². The minimum atomic E-state index is -1.07. The van der Waals surface area contributed by atoms with Crippen molar-refractivity contribution >= 4 is 11.9 Å². The lowest BCUT2D eigenvalue weighted by Gasteiger charge is -2.11. The number of unbranched alkanes of at least 4 members (excludes halogenated alkanes) is 9. The molecule has 0 aromatic heterocycles. The van der Waals surface area contributed by atoms with Crippen LogP contribution in [0.15, 0.2) is 0 Å². The van der Waals surface area contributed by atoms with Crippen LogP contribution in [-0.4, -0.2) is 23.7 Å². The zero-order valence-corrected chi connectivity index (χ0v) is 14.4. The van der Waals surface area contributed by atoms with Crippen LogP contribution >= 0.6 is 0 Å². The molecule has 0 aromatic carbocycles. The zero-order valence-electron chi connectivity index (χ0n) is 14.4. The molecule has 0 saturated heterocycles. The van der Waals surface area contributed by atoms with Gasteiger partial charge in [0.2, 0.25) is 0 Å². The SMILES string of the molecule is CCCCCCCCCCCCOC(=O)C(CCC)C(=O)O. The number of rotatable bonds is 15. The average molecular weight is 314 g/mol. The summed E-state index contributed by atoms with van der Waals surface area (Å²) in [5.41, 5.74) is 0. The molecule has 0 aliphatic heterocycles. The van der Waals surface area contributed by atoms with Gasteiger partial charge in [-0.15, -0.1) is 0 Å². The maximum absolute atomic E-state index is 11.6. The maximum Gasteiger partial charge on any atom is 0.320 e. The van der Waals surface area contributed by atoms with E-state index in [1.165, 1.54) is 51.4 Å². The van der Waals surface area contributed by atoms with Gasteiger partial charge < -0.3 is 9.84 Å². The minimum Gasteiger partial charge on any atom is -0.481 e. The molecule has 0 amide bonds. The summed E-state index contributed by atoms with van der Waals surface area (Å²) in [7, 11) is 0. The molecule has 0 fully saturated rings. The number of esters is 1. The Kier molecular flexibility index (Phi) is 14.1. The molecule has 1 N–H and O–H groups in total. The van der Waals surface area contributed by atoms with E-state index in [2.05, 4.69) is 6.92 Å². The first-order chi connectivity index (χ1) is 10.6. The third-order valence-corrected chi connectivity index (χ3v) is 3.90. The Balaban J connectivity index is 3.45. The summed E-state index contributed by atoms with van der Waals surface area (Å²) in [5, 5.41) is 8.95. The fraction of sp³-hybridized carbons (Fsp3) is 0.889. The van der Waals surface area contributed by atoms with Crippen LogP contribution in [0.4, 0.5) is 0 Å². The van der Waals surface area contributed by atoms with E-state index in [-0.39, 0.29) is 0 Å². The second-order valence-corrected chi connectivity index (χ2v) is 6.03. The highest BCUT2D eigenvalue weighted by Gasteiger charge is 2.26. The number of hydrogen-bond donors (Lipinski definition) is 1. The van der Waals surface area contributed by atoms with Gasteiger partial charge in [-0.2, -0.15) is 0 Å². The van der Waals surface area contributed by atoms with Crippen LogP contribution in [0.1, 0.15) is 90.9 Å². The summed E-state index contributed by atoms with van der Waals surface area (Å²) in [6.45, 7) is 4.45. The molecule has 0 aliphatic rings. The largest absolute Gasteiger partial charge is 0.481 e. The van der Waals surface area contributed by atoms with Crippen LogP contribution in [0, 0.1) is 5.92 Å². The topological polar surface area (TPSA) is 63.6 Å². The molecule has 22 heavy (non-hydrogen) atoms. The number of ether oxygens (including phenoxy) is 1. The molecular weight excluding hydrogens is 280 g/mol. The van der Waals surface area contributed by atoms with Gasteiger partial charge in [0.15, 0.2) is 5.92 Å². The summed E-state index contributed by atoms with van der Waals surface area (Å²) in [6.07, 6.45) is 13.3. The smallest absolute Gasteiger partial charge is 0.320 e. The number of carboxylic acids is 1. The van der Waals surface area contributed by atoms with Crippen LogP contribution < -0.4 is 0 Å². The molecule has 1 atom stereocenters. The molecule has 0 rings (SSSR count). The van der Waals surface area contributed by atoms with E-state index in [4.69, 9.17) is 9.84 Å². The normalized spacial score (nSPS) is 12.1. The number of hydrogen-bond acceptors (Lipinski definition) is 3. The first-order valence-corrected chi connectivity index (χ1v) is 9.02. The highest BCUT2D eigenvalue weighted by Crippen LogP contribution is 2.12. The van der Waals surface area contributed by atoms with Gasteiger partial charge in [-0.3, -0.25) is 9.59 Å². The summed E-state index contributed by atoms with van der Waals surface area (Å²) in [4.78, 5) is 22.6. The minimum absolute atomic E-state index is 0.350. The molecule has 0 aliphatic carbocycles. The van der Waals surface area contributed by atoms with Crippen LogP contribution in [0.2, 0.25) is 0 Å². The molecule has 1 unspecified atom stereocenters. The molecule has 0 bridgehead atoms. The van der Waals surface area contributed by atoms with Crippen molar-refractivity contribution in [3.05, 3.63) is 0 Å². The van der Waals surface area contributed by atoms with Gasteiger partial charge in [-0.1, -0.05) is 78.1 Å². The van der Waals surface area contributed by atoms with Crippen molar-refractivity contribution in [2.45, 2.75) is 90.9 Å². The predicted octanol–water partition coefficient (Wildman–Crippen LogP) is 4.95. The lowest BCUT2D eigenvalue weighted by atomic mass is 10.0. The Labute approximate surface area is 135 Å².